The Morgan fingerprint density at radius 3 is 2.25 bits per heavy atom. The molecule has 0 aromatic heterocycles. The zero-order valence-corrected chi connectivity index (χ0v) is 12.8. The normalized spacial score (nSPS) is 14.4. The van der Waals surface area contributed by atoms with Crippen molar-refractivity contribution in [1.29, 1.82) is 0 Å². The fraction of sp³-hybridized carbons (Fsp3) is 0.235. The number of ether oxygens (including phenoxy) is 1. The van der Waals surface area contributed by atoms with Crippen LogP contribution in [0.15, 0.2) is 18.2 Å². The molecule has 0 amide bonds. The van der Waals surface area contributed by atoms with Gasteiger partial charge in [-0.2, -0.15) is 0 Å². The van der Waals surface area contributed by atoms with E-state index in [9.17, 15) is 26.7 Å². The van der Waals surface area contributed by atoms with Crippen molar-refractivity contribution in [2.75, 3.05) is 13.8 Å². The van der Waals surface area contributed by atoms with Gasteiger partial charge in [-0.1, -0.05) is 6.07 Å². The van der Waals surface area contributed by atoms with Crippen LogP contribution in [0.2, 0.25) is 0 Å². The number of hydrogen-bond acceptors (Lipinski definition) is 2. The third-order valence-corrected chi connectivity index (χ3v) is 3.64. The van der Waals surface area contributed by atoms with E-state index in [1.807, 2.05) is 0 Å². The van der Waals surface area contributed by atoms with Gasteiger partial charge >= 0.3 is 0 Å². The zero-order valence-electron chi connectivity index (χ0n) is 12.8. The molecule has 2 nitrogen and oxygen atoms in total. The lowest BCUT2D eigenvalue weighted by molar-refractivity contribution is 0.111. The molecule has 0 radical (unpaired) electrons. The molecule has 1 unspecified atom stereocenters. The minimum Gasteiger partial charge on any atom is -0.491 e. The van der Waals surface area contributed by atoms with E-state index in [0.717, 1.165) is 6.07 Å². The lowest BCUT2D eigenvalue weighted by atomic mass is 10.0. The van der Waals surface area contributed by atoms with Gasteiger partial charge in [0, 0.05) is 11.1 Å². The van der Waals surface area contributed by atoms with Crippen LogP contribution in [0.3, 0.4) is 0 Å². The van der Waals surface area contributed by atoms with Gasteiger partial charge in [0.2, 0.25) is 0 Å². The average Bonchev–Trinajstić information content (AvgIpc) is 2.88. The largest absolute Gasteiger partial charge is 0.491 e. The number of fused-ring (bicyclic) bond motifs is 3. The SMILES string of the molecule is CCOc1ccc2c(c1F)C(F)c1c-2cc(C=O)c(F)c1F.CF. The summed E-state index contributed by atoms with van der Waals surface area (Å²) in [7, 11) is 0.500. The molecule has 0 bridgehead atoms. The molecule has 1 atom stereocenters. The molecule has 0 fully saturated rings. The molecule has 128 valence electrons. The average molecular weight is 344 g/mol. The molecule has 1 aliphatic carbocycles. The second-order valence-electron chi connectivity index (χ2n) is 4.81. The Balaban J connectivity index is 0.00000100. The molecule has 2 aromatic carbocycles. The van der Waals surface area contributed by atoms with Crippen molar-refractivity contribution >= 4 is 6.29 Å². The molecule has 0 heterocycles. The third kappa shape index (κ3) is 2.53. The van der Waals surface area contributed by atoms with Crippen molar-refractivity contribution in [1.82, 2.24) is 0 Å². The first-order valence-corrected chi connectivity index (χ1v) is 6.95. The second-order valence-corrected chi connectivity index (χ2v) is 4.81. The van der Waals surface area contributed by atoms with Gasteiger partial charge in [-0.15, -0.1) is 0 Å². The van der Waals surface area contributed by atoms with Crippen LogP contribution in [0.1, 0.15) is 34.6 Å². The van der Waals surface area contributed by atoms with E-state index in [1.165, 1.54) is 12.1 Å². The highest BCUT2D eigenvalue weighted by atomic mass is 19.2. The maximum atomic E-state index is 14.5. The summed E-state index contributed by atoms with van der Waals surface area (Å²) in [5.74, 6) is -4.01. The van der Waals surface area contributed by atoms with Crippen LogP contribution in [0.25, 0.3) is 11.1 Å². The van der Waals surface area contributed by atoms with E-state index in [1.54, 1.807) is 6.92 Å². The smallest absolute Gasteiger partial charge is 0.172 e. The predicted molar refractivity (Wildman–Crippen MR) is 78.3 cm³/mol. The summed E-state index contributed by atoms with van der Waals surface area (Å²) in [5.41, 5.74) is -1.46. The summed E-state index contributed by atoms with van der Waals surface area (Å²) >= 11 is 0. The number of aldehydes is 1. The quantitative estimate of drug-likeness (QED) is 0.582. The lowest BCUT2D eigenvalue weighted by Crippen LogP contribution is -2.02. The van der Waals surface area contributed by atoms with Gasteiger partial charge in [-0.3, -0.25) is 9.18 Å². The highest BCUT2D eigenvalue weighted by Crippen LogP contribution is 2.50. The highest BCUT2D eigenvalue weighted by molar-refractivity contribution is 5.85. The van der Waals surface area contributed by atoms with Gasteiger partial charge in [-0.25, -0.2) is 17.6 Å². The first kappa shape index (κ1) is 17.9. The van der Waals surface area contributed by atoms with E-state index >= 15 is 0 Å². The lowest BCUT2D eigenvalue weighted by Gasteiger charge is -2.09. The molecule has 0 N–H and O–H groups in total. The molecular formula is C17H13F5O2. The van der Waals surface area contributed by atoms with E-state index in [4.69, 9.17) is 4.74 Å². The summed E-state index contributed by atoms with van der Waals surface area (Å²) in [6.07, 6.45) is -2.02. The minimum absolute atomic E-state index is 0.0227. The first-order valence-electron chi connectivity index (χ1n) is 6.95. The fourth-order valence-electron chi connectivity index (χ4n) is 2.68. The van der Waals surface area contributed by atoms with Gasteiger partial charge in [0.25, 0.3) is 0 Å². The molecule has 0 spiro atoms. The van der Waals surface area contributed by atoms with Crippen molar-refractivity contribution in [3.05, 3.63) is 52.3 Å². The van der Waals surface area contributed by atoms with Crippen LogP contribution in [0.4, 0.5) is 22.0 Å². The maximum absolute atomic E-state index is 14.5. The molecule has 0 aliphatic heterocycles. The van der Waals surface area contributed by atoms with Crippen LogP contribution in [0, 0.1) is 17.5 Å². The van der Waals surface area contributed by atoms with Crippen molar-refractivity contribution in [3.8, 4) is 16.9 Å². The second kappa shape index (κ2) is 6.98. The number of carbonyl (C=O) groups excluding carboxylic acids is 1. The Morgan fingerprint density at radius 1 is 1.04 bits per heavy atom. The summed E-state index contributed by atoms with van der Waals surface area (Å²) in [6, 6.07) is 3.69. The van der Waals surface area contributed by atoms with Crippen molar-refractivity contribution in [2.24, 2.45) is 0 Å². The number of alkyl halides is 2. The summed E-state index contributed by atoms with van der Waals surface area (Å²) in [6.45, 7) is 1.82. The Labute approximate surface area is 134 Å². The van der Waals surface area contributed by atoms with E-state index in [0.29, 0.717) is 7.18 Å². The molecule has 0 saturated carbocycles. The number of halogens is 5. The van der Waals surface area contributed by atoms with Crippen LogP contribution < -0.4 is 4.74 Å². The summed E-state index contributed by atoms with van der Waals surface area (Å²) in [4.78, 5) is 10.8. The van der Waals surface area contributed by atoms with E-state index in [-0.39, 0.29) is 29.8 Å². The van der Waals surface area contributed by atoms with Gasteiger partial charge in [-0.05, 0) is 30.2 Å². The molecule has 7 heteroatoms. The molecule has 2 aromatic rings. The predicted octanol–water partition coefficient (Wildman–Crippen LogP) is 4.94. The van der Waals surface area contributed by atoms with Crippen LogP contribution in [-0.4, -0.2) is 20.1 Å². The van der Waals surface area contributed by atoms with Gasteiger partial charge in [0.1, 0.15) is 0 Å². The molecule has 1 aliphatic rings. The molecular weight excluding hydrogens is 331 g/mol. The fourth-order valence-corrected chi connectivity index (χ4v) is 2.68. The van der Waals surface area contributed by atoms with Crippen LogP contribution in [0.5, 0.6) is 5.75 Å². The Hall–Kier alpha value is -2.44. The van der Waals surface area contributed by atoms with Crippen molar-refractivity contribution < 1.29 is 31.5 Å². The maximum Gasteiger partial charge on any atom is 0.172 e. The minimum atomic E-state index is -2.15. The number of rotatable bonds is 3. The molecule has 24 heavy (non-hydrogen) atoms. The van der Waals surface area contributed by atoms with Gasteiger partial charge < -0.3 is 4.74 Å². The summed E-state index contributed by atoms with van der Waals surface area (Å²) < 4.78 is 71.0. The zero-order chi connectivity index (χ0) is 18.0. The number of benzene rings is 2. The third-order valence-electron chi connectivity index (χ3n) is 3.64. The van der Waals surface area contributed by atoms with Gasteiger partial charge in [0.15, 0.2) is 35.7 Å². The number of hydrogen-bond donors (Lipinski definition) is 0. The monoisotopic (exact) mass is 344 g/mol. The van der Waals surface area contributed by atoms with Gasteiger partial charge in [0.05, 0.1) is 19.3 Å². The molecule has 3 rings (SSSR count). The van der Waals surface area contributed by atoms with Crippen LogP contribution >= 0.6 is 0 Å². The van der Waals surface area contributed by atoms with E-state index < -0.39 is 40.3 Å². The Kier molecular flexibility index (Phi) is 5.21. The van der Waals surface area contributed by atoms with Crippen molar-refractivity contribution in [2.45, 2.75) is 13.1 Å². The Morgan fingerprint density at radius 2 is 1.67 bits per heavy atom. The molecule has 0 saturated heterocycles. The van der Waals surface area contributed by atoms with Crippen molar-refractivity contribution in [3.63, 3.8) is 0 Å². The highest BCUT2D eigenvalue weighted by Gasteiger charge is 2.37. The topological polar surface area (TPSA) is 26.3 Å². The Bertz CT molecular complexity index is 789. The van der Waals surface area contributed by atoms with Crippen LogP contribution in [-0.2, 0) is 0 Å². The number of carbonyl (C=O) groups is 1. The summed E-state index contributed by atoms with van der Waals surface area (Å²) in [5, 5.41) is 0. The van der Waals surface area contributed by atoms with E-state index in [2.05, 4.69) is 0 Å². The standard InChI is InChI=1S/C16H10F4O2.CH3F/c1-2-22-10-4-3-8-9-5-7(6-21)13(17)16(20)12(9)15(19)11(8)14(10)18;1-2/h3-6,15H,2H2,1H3;1H3. The first-order chi connectivity index (χ1) is 11.5.